The molecule has 0 unspecified atom stereocenters. The molecule has 0 fully saturated rings. The predicted molar refractivity (Wildman–Crippen MR) is 134 cm³/mol. The zero-order valence-corrected chi connectivity index (χ0v) is 20.0. The fourth-order valence-electron chi connectivity index (χ4n) is 3.54. The summed E-state index contributed by atoms with van der Waals surface area (Å²) in [6.07, 6.45) is 0. The SMILES string of the molecule is Cc1nn(Cc2c(Cl)cccc2Cl)c(C)c1NC(=S)Nc1ccc2c(C)cc(=O)oc2c1. The number of nitrogens with one attached hydrogen (secondary N) is 2. The van der Waals surface area contributed by atoms with E-state index in [2.05, 4.69) is 15.7 Å². The first kappa shape index (κ1) is 22.3. The molecule has 164 valence electrons. The Balaban J connectivity index is 1.54. The molecule has 2 aromatic carbocycles. The largest absolute Gasteiger partial charge is 0.423 e. The number of fused-ring (bicyclic) bond motifs is 1. The van der Waals surface area contributed by atoms with Crippen molar-refractivity contribution in [2.24, 2.45) is 0 Å². The van der Waals surface area contributed by atoms with Gasteiger partial charge in [0.15, 0.2) is 5.11 Å². The average molecular weight is 487 g/mol. The Morgan fingerprint density at radius 3 is 2.53 bits per heavy atom. The molecule has 2 N–H and O–H groups in total. The van der Waals surface area contributed by atoms with E-state index in [4.69, 9.17) is 39.8 Å². The number of aryl methyl sites for hydroxylation is 2. The van der Waals surface area contributed by atoms with Crippen LogP contribution < -0.4 is 16.3 Å². The molecule has 0 aliphatic carbocycles. The zero-order valence-electron chi connectivity index (χ0n) is 17.6. The van der Waals surface area contributed by atoms with Crippen molar-refractivity contribution in [3.8, 4) is 0 Å². The maximum absolute atomic E-state index is 11.7. The van der Waals surface area contributed by atoms with E-state index < -0.39 is 0 Å². The smallest absolute Gasteiger partial charge is 0.336 e. The number of hydrogen-bond acceptors (Lipinski definition) is 4. The Bertz CT molecular complexity index is 1390. The average Bonchev–Trinajstić information content (AvgIpc) is 2.97. The summed E-state index contributed by atoms with van der Waals surface area (Å²) in [5, 5.41) is 13.4. The standard InChI is InChI=1S/C23H20Cl2N4O2S/c1-12-9-21(30)31-20-10-15(7-8-16(12)20)26-23(32)27-22-13(2)28-29(14(22)3)11-17-18(24)5-4-6-19(17)25/h4-10H,11H2,1-3H3,(H2,26,27,32). The van der Waals surface area contributed by atoms with Crippen LogP contribution in [0.15, 0.2) is 51.7 Å². The van der Waals surface area contributed by atoms with Crippen molar-refractivity contribution < 1.29 is 4.42 Å². The summed E-state index contributed by atoms with van der Waals surface area (Å²) in [5.74, 6) is 0. The summed E-state index contributed by atoms with van der Waals surface area (Å²) in [6, 6.07) is 12.4. The molecule has 0 spiro atoms. The fourth-order valence-corrected chi connectivity index (χ4v) is 4.28. The van der Waals surface area contributed by atoms with Gasteiger partial charge in [-0.25, -0.2) is 4.79 Å². The minimum absolute atomic E-state index is 0.384. The van der Waals surface area contributed by atoms with Crippen LogP contribution >= 0.6 is 35.4 Å². The molecule has 0 atom stereocenters. The van der Waals surface area contributed by atoms with E-state index in [1.54, 1.807) is 18.2 Å². The number of thiocarbonyl (C=S) groups is 1. The molecule has 9 heteroatoms. The number of halogens is 2. The molecule has 2 aromatic heterocycles. The summed E-state index contributed by atoms with van der Waals surface area (Å²) in [5.41, 5.74) is 4.97. The molecular formula is C23H20Cl2N4O2S. The van der Waals surface area contributed by atoms with Gasteiger partial charge in [-0.15, -0.1) is 0 Å². The third-order valence-electron chi connectivity index (χ3n) is 5.20. The first-order valence-electron chi connectivity index (χ1n) is 9.82. The van der Waals surface area contributed by atoms with Crippen molar-refractivity contribution in [1.29, 1.82) is 0 Å². The fraction of sp³-hybridized carbons (Fsp3) is 0.174. The summed E-state index contributed by atoms with van der Waals surface area (Å²) < 4.78 is 7.14. The zero-order chi connectivity index (χ0) is 23.0. The van der Waals surface area contributed by atoms with Crippen molar-refractivity contribution in [3.63, 3.8) is 0 Å². The monoisotopic (exact) mass is 486 g/mol. The van der Waals surface area contributed by atoms with E-state index in [-0.39, 0.29) is 5.63 Å². The Labute approximate surface area is 200 Å². The van der Waals surface area contributed by atoms with Crippen LogP contribution in [0.25, 0.3) is 11.0 Å². The molecule has 6 nitrogen and oxygen atoms in total. The van der Waals surface area contributed by atoms with Gasteiger partial charge in [-0.05, 0) is 62.8 Å². The quantitative estimate of drug-likeness (QED) is 0.269. The van der Waals surface area contributed by atoms with Gasteiger partial charge in [0.1, 0.15) is 5.58 Å². The predicted octanol–water partition coefficient (Wildman–Crippen LogP) is 6.08. The lowest BCUT2D eigenvalue weighted by molar-refractivity contribution is 0.560. The van der Waals surface area contributed by atoms with Crippen LogP contribution in [0.1, 0.15) is 22.5 Å². The van der Waals surface area contributed by atoms with Gasteiger partial charge < -0.3 is 15.1 Å². The topological polar surface area (TPSA) is 72.1 Å². The van der Waals surface area contributed by atoms with Gasteiger partial charge in [-0.1, -0.05) is 29.3 Å². The third-order valence-corrected chi connectivity index (χ3v) is 6.11. The third kappa shape index (κ3) is 4.50. The summed E-state index contributed by atoms with van der Waals surface area (Å²) >= 11 is 18.1. The van der Waals surface area contributed by atoms with Gasteiger partial charge in [-0.2, -0.15) is 5.10 Å². The molecule has 0 radical (unpaired) electrons. The normalized spacial score (nSPS) is 11.0. The van der Waals surface area contributed by atoms with Crippen molar-refractivity contribution in [3.05, 3.63) is 85.4 Å². The van der Waals surface area contributed by atoms with Gasteiger partial charge in [-0.3, -0.25) is 4.68 Å². The first-order valence-corrected chi connectivity index (χ1v) is 11.0. The van der Waals surface area contributed by atoms with Crippen LogP contribution in [0, 0.1) is 20.8 Å². The van der Waals surface area contributed by atoms with Crippen molar-refractivity contribution in [2.45, 2.75) is 27.3 Å². The second-order valence-electron chi connectivity index (χ2n) is 7.44. The van der Waals surface area contributed by atoms with E-state index in [1.807, 2.05) is 43.7 Å². The summed E-state index contributed by atoms with van der Waals surface area (Å²) in [6.45, 7) is 6.16. The van der Waals surface area contributed by atoms with Crippen molar-refractivity contribution in [1.82, 2.24) is 9.78 Å². The second kappa shape index (κ2) is 8.94. The minimum Gasteiger partial charge on any atom is -0.423 e. The van der Waals surface area contributed by atoms with Crippen molar-refractivity contribution in [2.75, 3.05) is 10.6 Å². The highest BCUT2D eigenvalue weighted by molar-refractivity contribution is 7.80. The lowest BCUT2D eigenvalue weighted by Crippen LogP contribution is -2.20. The number of nitrogens with zero attached hydrogens (tertiary/aromatic N) is 2. The van der Waals surface area contributed by atoms with Gasteiger partial charge in [0.05, 0.1) is 23.6 Å². The van der Waals surface area contributed by atoms with E-state index in [0.717, 1.165) is 33.6 Å². The molecule has 0 saturated carbocycles. The van der Waals surface area contributed by atoms with Crippen LogP contribution in [-0.4, -0.2) is 14.9 Å². The van der Waals surface area contributed by atoms with E-state index in [0.29, 0.717) is 33.0 Å². The van der Waals surface area contributed by atoms with E-state index in [9.17, 15) is 4.79 Å². The number of rotatable bonds is 4. The lowest BCUT2D eigenvalue weighted by atomic mass is 10.1. The molecular weight excluding hydrogens is 467 g/mol. The van der Waals surface area contributed by atoms with Gasteiger partial charge >= 0.3 is 5.63 Å². The van der Waals surface area contributed by atoms with Gasteiger partial charge in [0.2, 0.25) is 0 Å². The maximum Gasteiger partial charge on any atom is 0.336 e. The van der Waals surface area contributed by atoms with Gasteiger partial charge in [0.25, 0.3) is 0 Å². The molecule has 4 rings (SSSR count). The Morgan fingerprint density at radius 1 is 1.09 bits per heavy atom. The van der Waals surface area contributed by atoms with Crippen LogP contribution in [-0.2, 0) is 6.54 Å². The van der Waals surface area contributed by atoms with E-state index >= 15 is 0 Å². The Morgan fingerprint density at radius 2 is 1.81 bits per heavy atom. The van der Waals surface area contributed by atoms with E-state index in [1.165, 1.54) is 6.07 Å². The molecule has 0 aliphatic heterocycles. The molecule has 0 aliphatic rings. The highest BCUT2D eigenvalue weighted by Crippen LogP contribution is 2.28. The summed E-state index contributed by atoms with van der Waals surface area (Å²) in [7, 11) is 0. The van der Waals surface area contributed by atoms with Crippen LogP contribution in [0.2, 0.25) is 10.0 Å². The molecule has 32 heavy (non-hydrogen) atoms. The number of anilines is 2. The minimum atomic E-state index is -0.384. The molecule has 0 saturated heterocycles. The first-order chi connectivity index (χ1) is 15.2. The highest BCUT2D eigenvalue weighted by atomic mass is 35.5. The molecule has 0 bridgehead atoms. The van der Waals surface area contributed by atoms with Crippen LogP contribution in [0.4, 0.5) is 11.4 Å². The van der Waals surface area contributed by atoms with Crippen LogP contribution in [0.3, 0.4) is 0 Å². The summed E-state index contributed by atoms with van der Waals surface area (Å²) in [4.78, 5) is 11.7. The van der Waals surface area contributed by atoms with Crippen molar-refractivity contribution >= 4 is 62.9 Å². The Hall–Kier alpha value is -2.87. The number of benzene rings is 2. The number of hydrogen-bond donors (Lipinski definition) is 2. The highest BCUT2D eigenvalue weighted by Gasteiger charge is 2.15. The van der Waals surface area contributed by atoms with Gasteiger partial charge in [0, 0.05) is 38.8 Å². The maximum atomic E-state index is 11.7. The Kier molecular flexibility index (Phi) is 6.24. The molecule has 0 amide bonds. The second-order valence-corrected chi connectivity index (χ2v) is 8.66. The molecule has 2 heterocycles. The molecule has 4 aromatic rings. The lowest BCUT2D eigenvalue weighted by Gasteiger charge is -2.12. The van der Waals surface area contributed by atoms with Crippen LogP contribution in [0.5, 0.6) is 0 Å². The number of aromatic nitrogens is 2.